The molecule has 2 aliphatic rings. The Morgan fingerprint density at radius 3 is 2.92 bits per heavy atom. The van der Waals surface area contributed by atoms with E-state index < -0.39 is 0 Å². The maximum Gasteiger partial charge on any atom is 0.0230 e. The predicted molar refractivity (Wildman–Crippen MR) is 52.1 cm³/mol. The van der Waals surface area contributed by atoms with E-state index in [1.54, 1.807) is 16.7 Å². The van der Waals surface area contributed by atoms with Gasteiger partial charge in [0.2, 0.25) is 0 Å². The van der Waals surface area contributed by atoms with Gasteiger partial charge in [-0.15, -0.1) is 0 Å². The van der Waals surface area contributed by atoms with E-state index in [9.17, 15) is 0 Å². The Labute approximate surface area is 74.8 Å². The number of nitrogens with zero attached hydrogens (tertiary/aromatic N) is 1. The summed E-state index contributed by atoms with van der Waals surface area (Å²) in [5.74, 6) is 0. The summed E-state index contributed by atoms with van der Waals surface area (Å²) in [6, 6.07) is 0. The number of likely N-dealkylation sites (N-methyl/N-ethyl adjacent to an activating group) is 1. The van der Waals surface area contributed by atoms with Gasteiger partial charge in [-0.25, -0.2) is 0 Å². The first kappa shape index (κ1) is 8.06. The van der Waals surface area contributed by atoms with Crippen molar-refractivity contribution in [3.05, 3.63) is 22.8 Å². The molecule has 2 rings (SSSR count). The molecule has 0 unspecified atom stereocenters. The van der Waals surface area contributed by atoms with Gasteiger partial charge in [0.15, 0.2) is 0 Å². The fraction of sp³-hybridized carbons (Fsp3) is 0.636. The van der Waals surface area contributed by atoms with Crippen molar-refractivity contribution in [3.63, 3.8) is 0 Å². The number of rotatable bonds is 0. The molecule has 0 bridgehead atoms. The highest BCUT2D eigenvalue weighted by molar-refractivity contribution is 5.35. The van der Waals surface area contributed by atoms with Crippen molar-refractivity contribution in [1.82, 2.24) is 4.90 Å². The van der Waals surface area contributed by atoms with E-state index in [1.165, 1.54) is 32.4 Å². The molecule has 0 aromatic rings. The topological polar surface area (TPSA) is 3.24 Å². The lowest BCUT2D eigenvalue weighted by atomic mass is 9.89. The van der Waals surface area contributed by atoms with Crippen molar-refractivity contribution >= 4 is 0 Å². The van der Waals surface area contributed by atoms with Crippen LogP contribution in [0.2, 0.25) is 0 Å². The van der Waals surface area contributed by atoms with E-state index in [4.69, 9.17) is 0 Å². The van der Waals surface area contributed by atoms with Crippen LogP contribution in [0.25, 0.3) is 0 Å². The van der Waals surface area contributed by atoms with Crippen molar-refractivity contribution in [2.45, 2.75) is 26.2 Å². The monoisotopic (exact) mass is 163 g/mol. The van der Waals surface area contributed by atoms with E-state index in [1.807, 2.05) is 0 Å². The van der Waals surface area contributed by atoms with E-state index in [0.717, 1.165) is 0 Å². The van der Waals surface area contributed by atoms with E-state index >= 15 is 0 Å². The van der Waals surface area contributed by atoms with Gasteiger partial charge in [-0.1, -0.05) is 17.2 Å². The zero-order valence-corrected chi connectivity index (χ0v) is 8.06. The molecule has 1 aliphatic carbocycles. The lowest BCUT2D eigenvalue weighted by molar-refractivity contribution is 0.346. The molecule has 0 fully saturated rings. The Balaban J connectivity index is 2.23. The van der Waals surface area contributed by atoms with Crippen LogP contribution in [-0.2, 0) is 0 Å². The van der Waals surface area contributed by atoms with Crippen molar-refractivity contribution in [2.75, 3.05) is 20.1 Å². The number of hydrogen-bond donors (Lipinski definition) is 0. The van der Waals surface area contributed by atoms with Gasteiger partial charge in [0, 0.05) is 13.1 Å². The van der Waals surface area contributed by atoms with Gasteiger partial charge >= 0.3 is 0 Å². The maximum atomic E-state index is 2.41. The van der Waals surface area contributed by atoms with E-state index in [-0.39, 0.29) is 0 Å². The molecule has 12 heavy (non-hydrogen) atoms. The van der Waals surface area contributed by atoms with E-state index in [2.05, 4.69) is 24.9 Å². The van der Waals surface area contributed by atoms with Crippen LogP contribution >= 0.6 is 0 Å². The normalized spacial score (nSPS) is 25.3. The van der Waals surface area contributed by atoms with Gasteiger partial charge < -0.3 is 4.90 Å². The molecule has 0 aromatic heterocycles. The predicted octanol–water partition coefficient (Wildman–Crippen LogP) is 2.36. The fourth-order valence-electron chi connectivity index (χ4n) is 2.12. The van der Waals surface area contributed by atoms with Crippen LogP contribution in [0.4, 0.5) is 0 Å². The van der Waals surface area contributed by atoms with Crippen molar-refractivity contribution in [3.8, 4) is 0 Å². The van der Waals surface area contributed by atoms with E-state index in [0.29, 0.717) is 0 Å². The highest BCUT2D eigenvalue weighted by Gasteiger charge is 2.17. The highest BCUT2D eigenvalue weighted by atomic mass is 15.1. The molecular weight excluding hydrogens is 146 g/mol. The zero-order chi connectivity index (χ0) is 8.55. The molecular formula is C11H17N. The highest BCUT2D eigenvalue weighted by Crippen LogP contribution is 2.29. The van der Waals surface area contributed by atoms with Crippen LogP contribution in [0.1, 0.15) is 26.2 Å². The largest absolute Gasteiger partial charge is 0.302 e. The second kappa shape index (κ2) is 3.06. The van der Waals surface area contributed by atoms with Gasteiger partial charge in [0.05, 0.1) is 0 Å². The maximum absolute atomic E-state index is 2.41. The smallest absolute Gasteiger partial charge is 0.0230 e. The zero-order valence-electron chi connectivity index (χ0n) is 8.06. The standard InChI is InChI=1S/C11H17N/c1-9-3-4-10-5-6-12(2)8-11(10)7-9/h7H,3-6,8H2,1-2H3. The molecule has 1 aliphatic heterocycles. The molecule has 0 amide bonds. The summed E-state index contributed by atoms with van der Waals surface area (Å²) in [6.07, 6.45) is 6.32. The minimum absolute atomic E-state index is 1.17. The Bertz CT molecular complexity index is 248. The first-order valence-electron chi connectivity index (χ1n) is 4.82. The molecule has 1 heteroatoms. The molecule has 1 heterocycles. The van der Waals surface area contributed by atoms with Crippen molar-refractivity contribution in [1.29, 1.82) is 0 Å². The van der Waals surface area contributed by atoms with Gasteiger partial charge in [-0.2, -0.15) is 0 Å². The fourth-order valence-corrected chi connectivity index (χ4v) is 2.12. The van der Waals surface area contributed by atoms with Gasteiger partial charge in [0.1, 0.15) is 0 Å². The Morgan fingerprint density at radius 2 is 2.08 bits per heavy atom. The molecule has 0 spiro atoms. The van der Waals surface area contributed by atoms with Crippen LogP contribution in [0.15, 0.2) is 22.8 Å². The molecule has 0 atom stereocenters. The van der Waals surface area contributed by atoms with Gasteiger partial charge in [-0.3, -0.25) is 0 Å². The molecule has 0 saturated heterocycles. The first-order chi connectivity index (χ1) is 5.75. The second-order valence-electron chi connectivity index (χ2n) is 4.11. The summed E-state index contributed by atoms with van der Waals surface area (Å²) in [6.45, 7) is 4.68. The second-order valence-corrected chi connectivity index (χ2v) is 4.11. The summed E-state index contributed by atoms with van der Waals surface area (Å²) < 4.78 is 0. The summed E-state index contributed by atoms with van der Waals surface area (Å²) in [4.78, 5) is 2.41. The quantitative estimate of drug-likeness (QED) is 0.530. The molecule has 0 radical (unpaired) electrons. The molecule has 0 saturated carbocycles. The molecule has 0 N–H and O–H groups in total. The summed E-state index contributed by atoms with van der Waals surface area (Å²) in [5, 5.41) is 0. The molecule has 66 valence electrons. The van der Waals surface area contributed by atoms with Gasteiger partial charge in [0.25, 0.3) is 0 Å². The average Bonchev–Trinajstić information content (AvgIpc) is 2.03. The third-order valence-electron chi connectivity index (χ3n) is 2.93. The lowest BCUT2D eigenvalue weighted by Crippen LogP contribution is -2.28. The molecule has 0 aromatic carbocycles. The van der Waals surface area contributed by atoms with Gasteiger partial charge in [-0.05, 0) is 38.8 Å². The van der Waals surface area contributed by atoms with Crippen LogP contribution in [0.5, 0.6) is 0 Å². The van der Waals surface area contributed by atoms with Crippen LogP contribution < -0.4 is 0 Å². The third kappa shape index (κ3) is 1.46. The Kier molecular flexibility index (Phi) is 2.05. The SMILES string of the molecule is CC1=CC2=C(CC1)CCN(C)C2. The number of hydrogen-bond acceptors (Lipinski definition) is 1. The minimum Gasteiger partial charge on any atom is -0.302 e. The van der Waals surface area contributed by atoms with Crippen LogP contribution in [-0.4, -0.2) is 25.0 Å². The average molecular weight is 163 g/mol. The van der Waals surface area contributed by atoms with Crippen molar-refractivity contribution in [2.24, 2.45) is 0 Å². The summed E-state index contributed by atoms with van der Waals surface area (Å²) >= 11 is 0. The number of allylic oxidation sites excluding steroid dienone is 1. The first-order valence-corrected chi connectivity index (χ1v) is 4.82. The lowest BCUT2D eigenvalue weighted by Gasteiger charge is -2.29. The van der Waals surface area contributed by atoms with Crippen LogP contribution in [0.3, 0.4) is 0 Å². The third-order valence-corrected chi connectivity index (χ3v) is 2.93. The van der Waals surface area contributed by atoms with Crippen molar-refractivity contribution < 1.29 is 0 Å². The van der Waals surface area contributed by atoms with Crippen LogP contribution in [0, 0.1) is 0 Å². The Morgan fingerprint density at radius 1 is 1.25 bits per heavy atom. The minimum atomic E-state index is 1.17. The molecule has 1 nitrogen and oxygen atoms in total. The summed E-state index contributed by atoms with van der Waals surface area (Å²) in [7, 11) is 2.21. The Hall–Kier alpha value is -0.560. The summed E-state index contributed by atoms with van der Waals surface area (Å²) in [5.41, 5.74) is 4.88.